The van der Waals surface area contributed by atoms with Crippen LogP contribution in [0.3, 0.4) is 0 Å². The van der Waals surface area contributed by atoms with E-state index in [1.54, 1.807) is 24.5 Å². The van der Waals surface area contributed by atoms with Crippen LogP contribution in [0.5, 0.6) is 0 Å². The summed E-state index contributed by atoms with van der Waals surface area (Å²) in [4.78, 5) is 21.2. The minimum absolute atomic E-state index is 0.220. The van der Waals surface area contributed by atoms with Gasteiger partial charge in [0.05, 0.1) is 12.0 Å². The number of rotatable bonds is 4. The van der Waals surface area contributed by atoms with E-state index in [1.165, 1.54) is 12.8 Å². The van der Waals surface area contributed by atoms with Crippen LogP contribution in [0.25, 0.3) is 10.8 Å². The van der Waals surface area contributed by atoms with Gasteiger partial charge in [0.25, 0.3) is 0 Å². The molecule has 0 aliphatic carbocycles. The summed E-state index contributed by atoms with van der Waals surface area (Å²) in [6.07, 6.45) is 6.35. The molecule has 0 saturated carbocycles. The van der Waals surface area contributed by atoms with Crippen LogP contribution in [0.15, 0.2) is 28.2 Å². The SMILES string of the molecule is CC(=O)N1CCC[C@@H]1[C@H]1CCCN1Cc1csc(-c2ccco2)n1. The van der Waals surface area contributed by atoms with E-state index >= 15 is 0 Å². The number of amides is 1. The lowest BCUT2D eigenvalue weighted by Gasteiger charge is -2.34. The van der Waals surface area contributed by atoms with Gasteiger partial charge in [-0.1, -0.05) is 0 Å². The van der Waals surface area contributed by atoms with Crippen molar-refractivity contribution in [2.24, 2.45) is 0 Å². The predicted octanol–water partition coefficient (Wildman–Crippen LogP) is 3.38. The predicted molar refractivity (Wildman–Crippen MR) is 93.7 cm³/mol. The fourth-order valence-corrected chi connectivity index (χ4v) is 4.95. The van der Waals surface area contributed by atoms with Gasteiger partial charge in [-0.25, -0.2) is 4.98 Å². The molecule has 0 unspecified atom stereocenters. The van der Waals surface area contributed by atoms with Crippen molar-refractivity contribution in [3.05, 3.63) is 29.5 Å². The number of likely N-dealkylation sites (tertiary alicyclic amines) is 2. The summed E-state index contributed by atoms with van der Waals surface area (Å²) in [5.74, 6) is 1.06. The van der Waals surface area contributed by atoms with Crippen molar-refractivity contribution in [2.45, 2.75) is 51.2 Å². The van der Waals surface area contributed by atoms with Crippen molar-refractivity contribution in [3.63, 3.8) is 0 Å². The molecule has 6 heteroatoms. The highest BCUT2D eigenvalue weighted by Gasteiger charge is 2.38. The van der Waals surface area contributed by atoms with E-state index in [0.29, 0.717) is 12.1 Å². The van der Waals surface area contributed by atoms with E-state index in [1.807, 2.05) is 12.1 Å². The van der Waals surface area contributed by atoms with Gasteiger partial charge in [0.1, 0.15) is 0 Å². The van der Waals surface area contributed by atoms with E-state index in [2.05, 4.69) is 15.2 Å². The van der Waals surface area contributed by atoms with Gasteiger partial charge in [0, 0.05) is 37.5 Å². The smallest absolute Gasteiger partial charge is 0.219 e. The Kier molecular flexibility index (Phi) is 4.41. The van der Waals surface area contributed by atoms with Gasteiger partial charge in [-0.3, -0.25) is 9.69 Å². The van der Waals surface area contributed by atoms with Crippen LogP contribution in [-0.4, -0.2) is 45.9 Å². The summed E-state index contributed by atoms with van der Waals surface area (Å²) in [6.45, 7) is 4.59. The van der Waals surface area contributed by atoms with Crippen LogP contribution in [-0.2, 0) is 11.3 Å². The number of aromatic nitrogens is 1. The maximum atomic E-state index is 11.9. The fourth-order valence-electron chi connectivity index (χ4n) is 4.17. The number of furan rings is 1. The second kappa shape index (κ2) is 6.69. The normalized spacial score (nSPS) is 24.8. The zero-order valence-electron chi connectivity index (χ0n) is 14.0. The first-order valence-corrected chi connectivity index (χ1v) is 9.60. The Hall–Kier alpha value is -1.66. The lowest BCUT2D eigenvalue weighted by atomic mass is 10.0. The number of nitrogens with zero attached hydrogens (tertiary/aromatic N) is 3. The van der Waals surface area contributed by atoms with Gasteiger partial charge in [-0.2, -0.15) is 0 Å². The van der Waals surface area contributed by atoms with E-state index in [0.717, 1.165) is 48.9 Å². The van der Waals surface area contributed by atoms with Crippen LogP contribution in [0.4, 0.5) is 0 Å². The molecule has 0 bridgehead atoms. The third-order valence-corrected chi connectivity index (χ3v) is 6.12. The highest BCUT2D eigenvalue weighted by atomic mass is 32.1. The van der Waals surface area contributed by atoms with Crippen LogP contribution in [0, 0.1) is 0 Å². The molecule has 2 aromatic heterocycles. The highest BCUT2D eigenvalue weighted by Crippen LogP contribution is 2.32. The maximum Gasteiger partial charge on any atom is 0.219 e. The van der Waals surface area contributed by atoms with Crippen molar-refractivity contribution in [3.8, 4) is 10.8 Å². The summed E-state index contributed by atoms with van der Waals surface area (Å²) in [5, 5.41) is 3.07. The van der Waals surface area contributed by atoms with Gasteiger partial charge >= 0.3 is 0 Å². The summed E-state index contributed by atoms with van der Waals surface area (Å²) in [5.41, 5.74) is 1.10. The molecule has 24 heavy (non-hydrogen) atoms. The monoisotopic (exact) mass is 345 g/mol. The Balaban J connectivity index is 1.47. The van der Waals surface area contributed by atoms with Crippen LogP contribution >= 0.6 is 11.3 Å². The molecule has 0 N–H and O–H groups in total. The number of hydrogen-bond acceptors (Lipinski definition) is 5. The molecule has 2 aliphatic heterocycles. The van der Waals surface area contributed by atoms with E-state index in [-0.39, 0.29) is 5.91 Å². The maximum absolute atomic E-state index is 11.9. The molecule has 4 rings (SSSR count). The number of hydrogen-bond donors (Lipinski definition) is 0. The van der Waals surface area contributed by atoms with Crippen LogP contribution in [0.2, 0.25) is 0 Å². The summed E-state index contributed by atoms with van der Waals surface area (Å²) in [6, 6.07) is 4.70. The molecule has 2 aliphatic rings. The molecule has 128 valence electrons. The van der Waals surface area contributed by atoms with Gasteiger partial charge in [0.2, 0.25) is 5.91 Å². The van der Waals surface area contributed by atoms with Crippen molar-refractivity contribution in [1.29, 1.82) is 0 Å². The van der Waals surface area contributed by atoms with Gasteiger partial charge in [-0.15, -0.1) is 11.3 Å². The van der Waals surface area contributed by atoms with E-state index in [9.17, 15) is 4.79 Å². The zero-order chi connectivity index (χ0) is 16.5. The molecular formula is C18H23N3O2S. The topological polar surface area (TPSA) is 49.6 Å². The lowest BCUT2D eigenvalue weighted by molar-refractivity contribution is -0.130. The Morgan fingerprint density at radius 2 is 2.17 bits per heavy atom. The van der Waals surface area contributed by atoms with E-state index in [4.69, 9.17) is 9.40 Å². The first kappa shape index (κ1) is 15.8. The number of thiazole rings is 1. The van der Waals surface area contributed by atoms with Gasteiger partial charge < -0.3 is 9.32 Å². The van der Waals surface area contributed by atoms with Crippen molar-refractivity contribution in [1.82, 2.24) is 14.8 Å². The Labute approximate surface area is 146 Å². The molecular weight excluding hydrogens is 322 g/mol. The second-order valence-corrected chi connectivity index (χ2v) is 7.58. The first-order valence-electron chi connectivity index (χ1n) is 8.72. The van der Waals surface area contributed by atoms with E-state index < -0.39 is 0 Å². The quantitative estimate of drug-likeness (QED) is 0.852. The Bertz CT molecular complexity index is 697. The molecule has 4 heterocycles. The minimum atomic E-state index is 0.220. The zero-order valence-corrected chi connectivity index (χ0v) is 14.8. The highest BCUT2D eigenvalue weighted by molar-refractivity contribution is 7.13. The summed E-state index contributed by atoms with van der Waals surface area (Å²) in [7, 11) is 0. The van der Waals surface area contributed by atoms with Gasteiger partial charge in [-0.05, 0) is 44.4 Å². The Morgan fingerprint density at radius 1 is 1.33 bits per heavy atom. The molecule has 2 atom stereocenters. The molecule has 0 spiro atoms. The van der Waals surface area contributed by atoms with Crippen LogP contribution in [0.1, 0.15) is 38.3 Å². The second-order valence-electron chi connectivity index (χ2n) is 6.72. The molecule has 0 aromatic carbocycles. The molecule has 1 amide bonds. The third-order valence-electron chi connectivity index (χ3n) is 5.21. The molecule has 2 fully saturated rings. The average molecular weight is 345 g/mol. The number of carbonyl (C=O) groups is 1. The van der Waals surface area contributed by atoms with Crippen molar-refractivity contribution in [2.75, 3.05) is 13.1 Å². The van der Waals surface area contributed by atoms with Crippen molar-refractivity contribution >= 4 is 17.2 Å². The summed E-state index contributed by atoms with van der Waals surface area (Å²) < 4.78 is 5.44. The lowest BCUT2D eigenvalue weighted by Crippen LogP contribution is -2.47. The molecule has 2 aromatic rings. The minimum Gasteiger partial charge on any atom is -0.462 e. The average Bonchev–Trinajstić information content (AvgIpc) is 3.35. The summed E-state index contributed by atoms with van der Waals surface area (Å²) >= 11 is 1.63. The standard InChI is InChI=1S/C18H23N3O2S/c1-13(22)21-9-3-6-16(21)15-5-2-8-20(15)11-14-12-24-18(19-14)17-7-4-10-23-17/h4,7,10,12,15-16H,2-3,5-6,8-9,11H2,1H3/t15-,16-/m1/s1. The molecule has 2 saturated heterocycles. The van der Waals surface area contributed by atoms with Crippen LogP contribution < -0.4 is 0 Å². The number of carbonyl (C=O) groups excluding carboxylic acids is 1. The third kappa shape index (κ3) is 3.00. The Morgan fingerprint density at radius 3 is 2.96 bits per heavy atom. The first-order chi connectivity index (χ1) is 11.7. The van der Waals surface area contributed by atoms with Crippen molar-refractivity contribution < 1.29 is 9.21 Å². The largest absolute Gasteiger partial charge is 0.462 e. The fraction of sp³-hybridized carbons (Fsp3) is 0.556. The van der Waals surface area contributed by atoms with Gasteiger partial charge in [0.15, 0.2) is 10.8 Å². The molecule has 0 radical (unpaired) electrons. The molecule has 5 nitrogen and oxygen atoms in total.